The zero-order valence-electron chi connectivity index (χ0n) is 23.1. The van der Waals surface area contributed by atoms with Crippen LogP contribution in [0.3, 0.4) is 0 Å². The second-order valence-electron chi connectivity index (χ2n) is 10.2. The standard InChI is InChI=1S/C30H38N4O5/c1-4-15-33(16-5-2)18-17-32(3)29(37)22-11-9-21(10-12-22)20-39-26-8-6-7-23-24(26)19-34(30(23)38)25-13-14-27(35)31-28(25)36/h6-12,25H,4-5,13-20H2,1-3H3,(H,31,35,36). The molecule has 4 rings (SSSR count). The molecule has 0 aliphatic carbocycles. The number of amides is 4. The van der Waals surface area contributed by atoms with E-state index in [-0.39, 0.29) is 37.3 Å². The summed E-state index contributed by atoms with van der Waals surface area (Å²) < 4.78 is 6.09. The Hall–Kier alpha value is -3.72. The first-order valence-electron chi connectivity index (χ1n) is 13.8. The Morgan fingerprint density at radius 1 is 1.00 bits per heavy atom. The molecule has 0 radical (unpaired) electrons. The van der Waals surface area contributed by atoms with Gasteiger partial charge in [0, 0.05) is 43.2 Å². The number of hydrogen-bond acceptors (Lipinski definition) is 6. The van der Waals surface area contributed by atoms with Crippen molar-refractivity contribution in [2.24, 2.45) is 0 Å². The predicted molar refractivity (Wildman–Crippen MR) is 147 cm³/mol. The summed E-state index contributed by atoms with van der Waals surface area (Å²) in [4.78, 5) is 55.5. The van der Waals surface area contributed by atoms with Crippen LogP contribution in [-0.4, -0.2) is 77.6 Å². The lowest BCUT2D eigenvalue weighted by Crippen LogP contribution is -2.52. The topological polar surface area (TPSA) is 99.3 Å². The third kappa shape index (κ3) is 6.65. The summed E-state index contributed by atoms with van der Waals surface area (Å²) in [5.41, 5.74) is 2.78. The number of piperidine rings is 1. The van der Waals surface area contributed by atoms with Crippen molar-refractivity contribution in [1.82, 2.24) is 20.0 Å². The number of fused-ring (bicyclic) bond motifs is 1. The van der Waals surface area contributed by atoms with Gasteiger partial charge in [-0.1, -0.05) is 32.0 Å². The van der Waals surface area contributed by atoms with Crippen LogP contribution < -0.4 is 10.1 Å². The maximum Gasteiger partial charge on any atom is 0.255 e. The first-order valence-corrected chi connectivity index (χ1v) is 13.8. The fraction of sp³-hybridized carbons (Fsp3) is 0.467. The van der Waals surface area contributed by atoms with E-state index in [4.69, 9.17) is 4.74 Å². The molecule has 0 saturated carbocycles. The zero-order valence-corrected chi connectivity index (χ0v) is 23.1. The molecule has 1 saturated heterocycles. The number of ether oxygens (including phenoxy) is 1. The molecule has 208 valence electrons. The largest absolute Gasteiger partial charge is 0.489 e. The third-order valence-electron chi connectivity index (χ3n) is 7.31. The van der Waals surface area contributed by atoms with E-state index in [0.29, 0.717) is 29.8 Å². The molecule has 0 bridgehead atoms. The minimum atomic E-state index is -0.667. The number of benzene rings is 2. The summed E-state index contributed by atoms with van der Waals surface area (Å²) in [6.07, 6.45) is 2.73. The molecule has 1 unspecified atom stereocenters. The molecule has 9 nitrogen and oxygen atoms in total. The van der Waals surface area contributed by atoms with E-state index in [0.717, 1.165) is 43.6 Å². The van der Waals surface area contributed by atoms with E-state index in [2.05, 4.69) is 24.1 Å². The van der Waals surface area contributed by atoms with Crippen LogP contribution in [0.25, 0.3) is 0 Å². The van der Waals surface area contributed by atoms with Crippen molar-refractivity contribution >= 4 is 23.6 Å². The van der Waals surface area contributed by atoms with Crippen LogP contribution in [0.5, 0.6) is 5.75 Å². The molecular formula is C30H38N4O5. The van der Waals surface area contributed by atoms with E-state index < -0.39 is 11.9 Å². The van der Waals surface area contributed by atoms with E-state index in [1.807, 2.05) is 37.4 Å². The Labute approximate surface area is 230 Å². The van der Waals surface area contributed by atoms with Crippen LogP contribution >= 0.6 is 0 Å². The lowest BCUT2D eigenvalue weighted by molar-refractivity contribution is -0.136. The van der Waals surface area contributed by atoms with Gasteiger partial charge in [-0.15, -0.1) is 0 Å². The zero-order chi connectivity index (χ0) is 27.9. The molecule has 9 heteroatoms. The number of carbonyl (C=O) groups is 4. The number of carbonyl (C=O) groups excluding carboxylic acids is 4. The summed E-state index contributed by atoms with van der Waals surface area (Å²) in [5, 5.41) is 2.32. The van der Waals surface area contributed by atoms with Crippen LogP contribution in [0.2, 0.25) is 0 Å². The van der Waals surface area contributed by atoms with Gasteiger partial charge in [-0.25, -0.2) is 0 Å². The minimum Gasteiger partial charge on any atom is -0.489 e. The molecule has 1 N–H and O–H groups in total. The van der Waals surface area contributed by atoms with E-state index >= 15 is 0 Å². The summed E-state index contributed by atoms with van der Waals surface area (Å²) in [6, 6.07) is 12.0. The minimum absolute atomic E-state index is 0.0108. The van der Waals surface area contributed by atoms with Gasteiger partial charge >= 0.3 is 0 Å². The first kappa shape index (κ1) is 28.3. The number of nitrogens with one attached hydrogen (secondary N) is 1. The van der Waals surface area contributed by atoms with Gasteiger partial charge in [0.05, 0.1) is 6.54 Å². The first-order chi connectivity index (χ1) is 18.8. The highest BCUT2D eigenvalue weighted by atomic mass is 16.5. The van der Waals surface area contributed by atoms with Crippen LogP contribution in [0.15, 0.2) is 42.5 Å². The molecule has 1 atom stereocenters. The fourth-order valence-electron chi connectivity index (χ4n) is 5.18. The van der Waals surface area contributed by atoms with Crippen LogP contribution in [0.1, 0.15) is 71.4 Å². The summed E-state index contributed by atoms with van der Waals surface area (Å²) in [6.45, 7) is 8.49. The van der Waals surface area contributed by atoms with Crippen molar-refractivity contribution < 1.29 is 23.9 Å². The summed E-state index contributed by atoms with van der Waals surface area (Å²) in [7, 11) is 1.84. The molecule has 2 heterocycles. The van der Waals surface area contributed by atoms with Gasteiger partial charge in [0.25, 0.3) is 11.8 Å². The Bertz CT molecular complexity index is 1210. The van der Waals surface area contributed by atoms with E-state index in [1.54, 1.807) is 17.0 Å². The second kappa shape index (κ2) is 12.9. The maximum absolute atomic E-state index is 13.0. The van der Waals surface area contributed by atoms with Crippen molar-refractivity contribution in [2.75, 3.05) is 33.2 Å². The van der Waals surface area contributed by atoms with Gasteiger partial charge in [-0.05, 0) is 62.2 Å². The van der Waals surface area contributed by atoms with Crippen LogP contribution in [0, 0.1) is 0 Å². The SMILES string of the molecule is CCCN(CCC)CCN(C)C(=O)c1ccc(COc2cccc3c2CN(C2CCC(=O)NC2=O)C3=O)cc1. The van der Waals surface area contributed by atoms with Gasteiger partial charge in [-0.2, -0.15) is 0 Å². The van der Waals surface area contributed by atoms with Crippen molar-refractivity contribution in [3.63, 3.8) is 0 Å². The van der Waals surface area contributed by atoms with Crippen LogP contribution in [0.4, 0.5) is 0 Å². The highest BCUT2D eigenvalue weighted by molar-refractivity contribution is 6.05. The molecule has 1 fully saturated rings. The normalized spacial score (nSPS) is 16.9. The quantitative estimate of drug-likeness (QED) is 0.420. The van der Waals surface area contributed by atoms with Crippen molar-refractivity contribution in [2.45, 2.75) is 58.7 Å². The molecule has 4 amide bonds. The molecule has 2 aromatic rings. The van der Waals surface area contributed by atoms with E-state index in [9.17, 15) is 19.2 Å². The Balaban J connectivity index is 1.34. The molecule has 0 spiro atoms. The smallest absolute Gasteiger partial charge is 0.255 e. The number of likely N-dealkylation sites (N-methyl/N-ethyl adjacent to an activating group) is 1. The number of imide groups is 1. The highest BCUT2D eigenvalue weighted by Crippen LogP contribution is 2.34. The average Bonchev–Trinajstić information content (AvgIpc) is 3.27. The van der Waals surface area contributed by atoms with Gasteiger partial charge in [0.1, 0.15) is 18.4 Å². The molecule has 0 aromatic heterocycles. The Morgan fingerprint density at radius 2 is 1.72 bits per heavy atom. The van der Waals surface area contributed by atoms with Gasteiger partial charge in [0.2, 0.25) is 11.8 Å². The Morgan fingerprint density at radius 3 is 2.38 bits per heavy atom. The molecule has 39 heavy (non-hydrogen) atoms. The lowest BCUT2D eigenvalue weighted by Gasteiger charge is -2.29. The summed E-state index contributed by atoms with van der Waals surface area (Å²) in [5.74, 6) is -0.407. The Kier molecular flexibility index (Phi) is 9.35. The monoisotopic (exact) mass is 534 g/mol. The number of hydrogen-bond donors (Lipinski definition) is 1. The second-order valence-corrected chi connectivity index (χ2v) is 10.2. The van der Waals surface area contributed by atoms with Gasteiger partial charge in [0.15, 0.2) is 0 Å². The number of rotatable bonds is 12. The third-order valence-corrected chi connectivity index (χ3v) is 7.31. The fourth-order valence-corrected chi connectivity index (χ4v) is 5.18. The highest BCUT2D eigenvalue weighted by Gasteiger charge is 2.40. The van der Waals surface area contributed by atoms with Crippen molar-refractivity contribution in [3.8, 4) is 5.75 Å². The van der Waals surface area contributed by atoms with Gasteiger partial charge in [-0.3, -0.25) is 24.5 Å². The molecule has 2 aliphatic rings. The summed E-state index contributed by atoms with van der Waals surface area (Å²) >= 11 is 0. The molecular weight excluding hydrogens is 496 g/mol. The van der Waals surface area contributed by atoms with Crippen molar-refractivity contribution in [3.05, 3.63) is 64.7 Å². The van der Waals surface area contributed by atoms with E-state index in [1.165, 1.54) is 4.90 Å². The van der Waals surface area contributed by atoms with Crippen molar-refractivity contribution in [1.29, 1.82) is 0 Å². The maximum atomic E-state index is 13.0. The predicted octanol–water partition coefficient (Wildman–Crippen LogP) is 3.22. The van der Waals surface area contributed by atoms with Gasteiger partial charge < -0.3 is 19.4 Å². The molecule has 2 aliphatic heterocycles. The average molecular weight is 535 g/mol. The molecule has 2 aromatic carbocycles. The lowest BCUT2D eigenvalue weighted by atomic mass is 10.0. The van der Waals surface area contributed by atoms with Crippen LogP contribution in [-0.2, 0) is 22.7 Å². The number of nitrogens with zero attached hydrogens (tertiary/aromatic N) is 3.